The third kappa shape index (κ3) is 4.56. The Morgan fingerprint density at radius 1 is 1.28 bits per heavy atom. The van der Waals surface area contributed by atoms with E-state index < -0.39 is 12.1 Å². The van der Waals surface area contributed by atoms with Gasteiger partial charge in [-0.3, -0.25) is 4.79 Å². The molecule has 0 aliphatic rings. The number of hydrogen-bond donors (Lipinski definition) is 1. The molecule has 1 aromatic heterocycles. The molecule has 0 spiro atoms. The van der Waals surface area contributed by atoms with Crippen LogP contribution in [0, 0.1) is 13.8 Å². The number of esters is 1. The van der Waals surface area contributed by atoms with Crippen molar-refractivity contribution in [3.8, 4) is 5.69 Å². The van der Waals surface area contributed by atoms with E-state index >= 15 is 0 Å². The van der Waals surface area contributed by atoms with Gasteiger partial charge in [0, 0.05) is 23.9 Å². The number of aryl methyl sites for hydroxylation is 1. The Labute approximate surface area is 147 Å². The highest BCUT2D eigenvalue weighted by Gasteiger charge is 2.16. The Bertz CT molecular complexity index is 779. The van der Waals surface area contributed by atoms with Crippen molar-refractivity contribution in [1.29, 1.82) is 0 Å². The average Bonchev–Trinajstić information content (AvgIpc) is 2.88. The predicted octanol–water partition coefficient (Wildman–Crippen LogP) is 2.57. The highest BCUT2D eigenvalue weighted by Crippen LogP contribution is 2.19. The molecule has 6 nitrogen and oxygen atoms in total. The zero-order valence-electron chi connectivity index (χ0n) is 14.9. The second-order valence-electron chi connectivity index (χ2n) is 5.64. The van der Waals surface area contributed by atoms with Crippen LogP contribution in [0.4, 0.5) is 0 Å². The first kappa shape index (κ1) is 18.4. The number of nitrogens with one attached hydrogen (secondary N) is 1. The third-order valence-corrected chi connectivity index (χ3v) is 3.75. The normalized spacial score (nSPS) is 12.2. The monoisotopic (exact) mass is 341 g/mol. The zero-order chi connectivity index (χ0) is 18.4. The topological polar surface area (TPSA) is 73.2 Å². The molecule has 1 aromatic carbocycles. The molecular formula is C19H23N3O3. The van der Waals surface area contributed by atoms with Crippen molar-refractivity contribution in [2.75, 3.05) is 6.54 Å². The minimum Gasteiger partial charge on any atom is -0.449 e. The summed E-state index contributed by atoms with van der Waals surface area (Å²) in [5.74, 6) is -0.876. The first-order valence-corrected chi connectivity index (χ1v) is 8.22. The van der Waals surface area contributed by atoms with Crippen molar-refractivity contribution in [3.05, 3.63) is 53.4 Å². The van der Waals surface area contributed by atoms with Crippen LogP contribution in [0.25, 0.3) is 11.8 Å². The minimum absolute atomic E-state index is 0.312. The summed E-state index contributed by atoms with van der Waals surface area (Å²) in [7, 11) is 0. The number of carbonyl (C=O) groups is 2. The predicted molar refractivity (Wildman–Crippen MR) is 96.3 cm³/mol. The lowest BCUT2D eigenvalue weighted by Gasteiger charge is -2.10. The van der Waals surface area contributed by atoms with Crippen LogP contribution in [0.1, 0.15) is 30.8 Å². The van der Waals surface area contributed by atoms with E-state index in [0.29, 0.717) is 6.54 Å². The van der Waals surface area contributed by atoms with Gasteiger partial charge >= 0.3 is 5.97 Å². The van der Waals surface area contributed by atoms with E-state index in [1.54, 1.807) is 13.0 Å². The summed E-state index contributed by atoms with van der Waals surface area (Å²) in [6, 6.07) is 9.77. The third-order valence-electron chi connectivity index (χ3n) is 3.75. The van der Waals surface area contributed by atoms with Crippen LogP contribution < -0.4 is 5.32 Å². The van der Waals surface area contributed by atoms with Gasteiger partial charge in [-0.1, -0.05) is 18.2 Å². The molecule has 0 aliphatic heterocycles. The highest BCUT2D eigenvalue weighted by molar-refractivity contribution is 5.90. The molecule has 0 aliphatic carbocycles. The summed E-state index contributed by atoms with van der Waals surface area (Å²) in [6.07, 6.45) is 2.16. The first-order chi connectivity index (χ1) is 11.9. The Balaban J connectivity index is 2.12. The summed E-state index contributed by atoms with van der Waals surface area (Å²) in [5.41, 5.74) is 3.54. The van der Waals surface area contributed by atoms with Crippen LogP contribution in [0.15, 0.2) is 36.4 Å². The summed E-state index contributed by atoms with van der Waals surface area (Å²) in [4.78, 5) is 23.5. The molecule has 6 heteroatoms. The van der Waals surface area contributed by atoms with E-state index in [9.17, 15) is 9.59 Å². The lowest BCUT2D eigenvalue weighted by Crippen LogP contribution is -2.35. The molecule has 0 saturated heterocycles. The van der Waals surface area contributed by atoms with Crippen LogP contribution in [0.2, 0.25) is 0 Å². The number of carbonyl (C=O) groups excluding carboxylic acids is 2. The molecule has 2 aromatic rings. The first-order valence-electron chi connectivity index (χ1n) is 8.22. The average molecular weight is 341 g/mol. The fourth-order valence-electron chi connectivity index (χ4n) is 2.45. The lowest BCUT2D eigenvalue weighted by molar-refractivity contribution is -0.150. The number of amides is 1. The fraction of sp³-hybridized carbons (Fsp3) is 0.316. The van der Waals surface area contributed by atoms with Gasteiger partial charge in [-0.2, -0.15) is 5.10 Å². The maximum atomic E-state index is 11.9. The van der Waals surface area contributed by atoms with Crippen molar-refractivity contribution >= 4 is 18.0 Å². The van der Waals surface area contributed by atoms with Gasteiger partial charge in [-0.05, 0) is 45.9 Å². The summed E-state index contributed by atoms with van der Waals surface area (Å²) in [5, 5.41) is 7.13. The van der Waals surface area contributed by atoms with E-state index in [-0.39, 0.29) is 5.91 Å². The molecule has 0 bridgehead atoms. The summed E-state index contributed by atoms with van der Waals surface area (Å²) in [6.45, 7) is 7.67. The Hall–Kier alpha value is -2.89. The van der Waals surface area contributed by atoms with Crippen molar-refractivity contribution < 1.29 is 14.3 Å². The molecule has 25 heavy (non-hydrogen) atoms. The van der Waals surface area contributed by atoms with Gasteiger partial charge in [-0.25, -0.2) is 9.48 Å². The van der Waals surface area contributed by atoms with Crippen LogP contribution in [-0.4, -0.2) is 34.3 Å². The smallest absolute Gasteiger partial charge is 0.331 e. The van der Waals surface area contributed by atoms with Crippen molar-refractivity contribution in [3.63, 3.8) is 0 Å². The van der Waals surface area contributed by atoms with E-state index in [4.69, 9.17) is 4.74 Å². The van der Waals surface area contributed by atoms with Gasteiger partial charge in [0.15, 0.2) is 6.10 Å². The fourth-order valence-corrected chi connectivity index (χ4v) is 2.45. The molecule has 2 rings (SSSR count). The van der Waals surface area contributed by atoms with Crippen LogP contribution in [0.3, 0.4) is 0 Å². The largest absolute Gasteiger partial charge is 0.449 e. The SMILES string of the molecule is CCNC(=O)[C@H](C)OC(=O)/C=C/c1c(C)nn(-c2ccccc2)c1C. The van der Waals surface area contributed by atoms with Gasteiger partial charge in [0.05, 0.1) is 11.4 Å². The van der Waals surface area contributed by atoms with Gasteiger partial charge in [0.2, 0.25) is 0 Å². The summed E-state index contributed by atoms with van der Waals surface area (Å²) >= 11 is 0. The summed E-state index contributed by atoms with van der Waals surface area (Å²) < 4.78 is 6.92. The molecular weight excluding hydrogens is 318 g/mol. The Morgan fingerprint density at radius 3 is 2.60 bits per heavy atom. The second-order valence-corrected chi connectivity index (χ2v) is 5.64. The van der Waals surface area contributed by atoms with Crippen LogP contribution in [0.5, 0.6) is 0 Å². The van der Waals surface area contributed by atoms with E-state index in [2.05, 4.69) is 10.4 Å². The van der Waals surface area contributed by atoms with Gasteiger partial charge in [0.1, 0.15) is 0 Å². The number of rotatable bonds is 6. The molecule has 0 unspecified atom stereocenters. The molecule has 1 amide bonds. The van der Waals surface area contributed by atoms with Crippen molar-refractivity contribution in [2.24, 2.45) is 0 Å². The van der Waals surface area contributed by atoms with Gasteiger partial charge < -0.3 is 10.1 Å². The highest BCUT2D eigenvalue weighted by atomic mass is 16.5. The quantitative estimate of drug-likeness (QED) is 0.647. The molecule has 0 saturated carbocycles. The van der Waals surface area contributed by atoms with E-state index in [1.807, 2.05) is 55.8 Å². The molecule has 1 N–H and O–H groups in total. The number of likely N-dealkylation sites (N-methyl/N-ethyl adjacent to an activating group) is 1. The Morgan fingerprint density at radius 2 is 1.96 bits per heavy atom. The van der Waals surface area contributed by atoms with Gasteiger partial charge in [-0.15, -0.1) is 0 Å². The Kier molecular flexibility index (Phi) is 6.11. The molecule has 132 valence electrons. The number of hydrogen-bond acceptors (Lipinski definition) is 4. The maximum absolute atomic E-state index is 11.9. The standard InChI is InChI=1S/C19H23N3O3/c1-5-20-19(24)15(4)25-18(23)12-11-17-13(2)21-22(14(17)3)16-9-7-6-8-10-16/h6-12,15H,5H2,1-4H3,(H,20,24)/b12-11+/t15-/m0/s1. The minimum atomic E-state index is -0.827. The van der Waals surface area contributed by atoms with Crippen molar-refractivity contribution in [1.82, 2.24) is 15.1 Å². The number of ether oxygens (including phenoxy) is 1. The second kappa shape index (κ2) is 8.28. The lowest BCUT2D eigenvalue weighted by atomic mass is 10.2. The van der Waals surface area contributed by atoms with Gasteiger partial charge in [0.25, 0.3) is 5.91 Å². The van der Waals surface area contributed by atoms with Crippen LogP contribution in [-0.2, 0) is 14.3 Å². The number of nitrogens with zero attached hydrogens (tertiary/aromatic N) is 2. The molecule has 1 heterocycles. The number of benzene rings is 1. The number of para-hydroxylation sites is 1. The molecule has 0 radical (unpaired) electrons. The molecule has 1 atom stereocenters. The van der Waals surface area contributed by atoms with E-state index in [0.717, 1.165) is 22.6 Å². The van der Waals surface area contributed by atoms with Crippen molar-refractivity contribution in [2.45, 2.75) is 33.8 Å². The molecule has 0 fully saturated rings. The number of aromatic nitrogens is 2. The zero-order valence-corrected chi connectivity index (χ0v) is 14.9. The van der Waals surface area contributed by atoms with E-state index in [1.165, 1.54) is 6.08 Å². The maximum Gasteiger partial charge on any atom is 0.331 e. The van der Waals surface area contributed by atoms with Crippen LogP contribution >= 0.6 is 0 Å².